The molecule has 0 saturated carbocycles. The van der Waals surface area contributed by atoms with Crippen LogP contribution in [0.3, 0.4) is 0 Å². The van der Waals surface area contributed by atoms with Crippen LogP contribution in [0, 0.1) is 0 Å². The standard InChI is InChI=1S/C17H18N2O3/c1-18-8-6-13(10-16(18)21)17(22)19-9-7-12-4-2-3-5-14(12)15(19)11-20/h2-6,8,10,15,20H,7,9,11H2,1H3. The van der Waals surface area contributed by atoms with E-state index >= 15 is 0 Å². The molecule has 0 aliphatic carbocycles. The van der Waals surface area contributed by atoms with Gasteiger partial charge >= 0.3 is 0 Å². The van der Waals surface area contributed by atoms with Crippen LogP contribution in [0.5, 0.6) is 0 Å². The molecule has 1 atom stereocenters. The second-order valence-corrected chi connectivity index (χ2v) is 5.51. The molecule has 22 heavy (non-hydrogen) atoms. The molecule has 0 fully saturated rings. The Hall–Kier alpha value is -2.40. The number of benzene rings is 1. The summed E-state index contributed by atoms with van der Waals surface area (Å²) in [5.41, 5.74) is 2.28. The van der Waals surface area contributed by atoms with E-state index < -0.39 is 0 Å². The highest BCUT2D eigenvalue weighted by atomic mass is 16.3. The number of nitrogens with zero attached hydrogens (tertiary/aromatic N) is 2. The fourth-order valence-electron chi connectivity index (χ4n) is 2.94. The average Bonchev–Trinajstić information content (AvgIpc) is 2.55. The number of pyridine rings is 1. The molecule has 5 heteroatoms. The van der Waals surface area contributed by atoms with Crippen LogP contribution in [0.25, 0.3) is 0 Å². The Labute approximate surface area is 128 Å². The zero-order chi connectivity index (χ0) is 15.7. The molecular weight excluding hydrogens is 280 g/mol. The fourth-order valence-corrected chi connectivity index (χ4v) is 2.94. The number of hydrogen-bond donors (Lipinski definition) is 1. The normalized spacial score (nSPS) is 17.2. The highest BCUT2D eigenvalue weighted by Gasteiger charge is 2.30. The minimum Gasteiger partial charge on any atom is -0.394 e. The molecule has 1 unspecified atom stereocenters. The molecule has 1 aliphatic rings. The summed E-state index contributed by atoms with van der Waals surface area (Å²) in [6, 6.07) is 10.5. The molecule has 3 rings (SSSR count). The lowest BCUT2D eigenvalue weighted by molar-refractivity contribution is 0.0568. The van der Waals surface area contributed by atoms with Crippen LogP contribution in [-0.2, 0) is 13.5 Å². The van der Waals surface area contributed by atoms with Gasteiger partial charge < -0.3 is 14.6 Å². The van der Waals surface area contributed by atoms with E-state index in [4.69, 9.17) is 0 Å². The Balaban J connectivity index is 1.96. The number of amides is 1. The first kappa shape index (κ1) is 14.5. The molecule has 1 aromatic heterocycles. The Morgan fingerprint density at radius 3 is 2.82 bits per heavy atom. The van der Waals surface area contributed by atoms with Crippen molar-refractivity contribution < 1.29 is 9.90 Å². The van der Waals surface area contributed by atoms with Gasteiger partial charge in [-0.05, 0) is 23.6 Å². The van der Waals surface area contributed by atoms with E-state index in [0.717, 1.165) is 17.5 Å². The highest BCUT2D eigenvalue weighted by molar-refractivity contribution is 5.94. The van der Waals surface area contributed by atoms with Crippen molar-refractivity contribution in [3.05, 3.63) is 69.6 Å². The summed E-state index contributed by atoms with van der Waals surface area (Å²) in [5.74, 6) is -0.216. The van der Waals surface area contributed by atoms with E-state index in [9.17, 15) is 14.7 Å². The zero-order valence-electron chi connectivity index (χ0n) is 12.4. The van der Waals surface area contributed by atoms with Crippen LogP contribution in [0.4, 0.5) is 0 Å². The molecule has 0 spiro atoms. The first-order chi connectivity index (χ1) is 10.6. The smallest absolute Gasteiger partial charge is 0.254 e. The molecule has 2 heterocycles. The Morgan fingerprint density at radius 1 is 1.32 bits per heavy atom. The second kappa shape index (κ2) is 5.77. The van der Waals surface area contributed by atoms with E-state index in [1.54, 1.807) is 24.2 Å². The second-order valence-electron chi connectivity index (χ2n) is 5.51. The van der Waals surface area contributed by atoms with Gasteiger partial charge in [0.25, 0.3) is 11.5 Å². The predicted molar refractivity (Wildman–Crippen MR) is 82.7 cm³/mol. The van der Waals surface area contributed by atoms with Crippen molar-refractivity contribution in [1.82, 2.24) is 9.47 Å². The zero-order valence-corrected chi connectivity index (χ0v) is 12.4. The molecule has 1 amide bonds. The molecule has 114 valence electrons. The number of aliphatic hydroxyl groups is 1. The average molecular weight is 298 g/mol. The molecule has 1 N–H and O–H groups in total. The van der Waals surface area contributed by atoms with Gasteiger partial charge in [-0.3, -0.25) is 9.59 Å². The summed E-state index contributed by atoms with van der Waals surface area (Å²) in [4.78, 5) is 26.1. The van der Waals surface area contributed by atoms with Crippen LogP contribution in [0.15, 0.2) is 47.4 Å². The van der Waals surface area contributed by atoms with Crippen LogP contribution >= 0.6 is 0 Å². The Bertz CT molecular complexity index is 766. The van der Waals surface area contributed by atoms with Crippen molar-refractivity contribution in [3.8, 4) is 0 Å². The van der Waals surface area contributed by atoms with Crippen LogP contribution in [0.1, 0.15) is 27.5 Å². The maximum Gasteiger partial charge on any atom is 0.254 e. The summed E-state index contributed by atoms with van der Waals surface area (Å²) in [7, 11) is 1.64. The summed E-state index contributed by atoms with van der Waals surface area (Å²) in [5, 5.41) is 9.74. The van der Waals surface area contributed by atoms with Crippen molar-refractivity contribution in [2.75, 3.05) is 13.2 Å². The Morgan fingerprint density at radius 2 is 2.09 bits per heavy atom. The van der Waals surface area contributed by atoms with Crippen molar-refractivity contribution >= 4 is 5.91 Å². The van der Waals surface area contributed by atoms with Gasteiger partial charge in [0, 0.05) is 31.4 Å². The van der Waals surface area contributed by atoms with Gasteiger partial charge in [0.1, 0.15) is 0 Å². The SMILES string of the molecule is Cn1ccc(C(=O)N2CCc3ccccc3C2CO)cc1=O. The summed E-state index contributed by atoms with van der Waals surface area (Å²) < 4.78 is 1.42. The summed E-state index contributed by atoms with van der Waals surface area (Å²) in [6.45, 7) is 0.407. The van der Waals surface area contributed by atoms with E-state index in [1.807, 2.05) is 24.3 Å². The molecule has 0 bridgehead atoms. The van der Waals surface area contributed by atoms with Crippen molar-refractivity contribution in [2.45, 2.75) is 12.5 Å². The number of hydrogen-bond acceptors (Lipinski definition) is 3. The van der Waals surface area contributed by atoms with Gasteiger partial charge in [0.2, 0.25) is 0 Å². The van der Waals surface area contributed by atoms with Gasteiger partial charge in [0.05, 0.1) is 12.6 Å². The number of rotatable bonds is 2. The molecular formula is C17H18N2O3. The molecule has 1 aliphatic heterocycles. The fraction of sp³-hybridized carbons (Fsp3) is 0.294. The van der Waals surface area contributed by atoms with E-state index in [-0.39, 0.29) is 24.1 Å². The Kier molecular flexibility index (Phi) is 3.81. The number of aryl methyl sites for hydroxylation is 1. The summed E-state index contributed by atoms with van der Waals surface area (Å²) in [6.07, 6.45) is 2.34. The molecule has 2 aromatic rings. The van der Waals surface area contributed by atoms with Crippen LogP contribution in [-0.4, -0.2) is 33.6 Å². The van der Waals surface area contributed by atoms with E-state index in [1.165, 1.54) is 10.6 Å². The monoisotopic (exact) mass is 298 g/mol. The van der Waals surface area contributed by atoms with Crippen molar-refractivity contribution in [1.29, 1.82) is 0 Å². The van der Waals surface area contributed by atoms with Gasteiger partial charge in [-0.25, -0.2) is 0 Å². The third-order valence-corrected chi connectivity index (χ3v) is 4.20. The molecule has 0 radical (unpaired) electrons. The minimum atomic E-state index is -0.360. The van der Waals surface area contributed by atoms with Crippen LogP contribution in [0.2, 0.25) is 0 Å². The van der Waals surface area contributed by atoms with Crippen molar-refractivity contribution in [3.63, 3.8) is 0 Å². The van der Waals surface area contributed by atoms with E-state index in [2.05, 4.69) is 0 Å². The number of aliphatic hydroxyl groups excluding tert-OH is 1. The first-order valence-electron chi connectivity index (χ1n) is 7.28. The number of carbonyl (C=O) groups excluding carboxylic acids is 1. The number of carbonyl (C=O) groups is 1. The third kappa shape index (κ3) is 2.44. The number of aromatic nitrogens is 1. The van der Waals surface area contributed by atoms with Gasteiger partial charge in [-0.2, -0.15) is 0 Å². The third-order valence-electron chi connectivity index (χ3n) is 4.20. The first-order valence-corrected chi connectivity index (χ1v) is 7.28. The minimum absolute atomic E-state index is 0.131. The van der Waals surface area contributed by atoms with Gasteiger partial charge in [-0.1, -0.05) is 24.3 Å². The van der Waals surface area contributed by atoms with E-state index in [0.29, 0.717) is 12.1 Å². The lowest BCUT2D eigenvalue weighted by Crippen LogP contribution is -2.42. The highest BCUT2D eigenvalue weighted by Crippen LogP contribution is 2.30. The van der Waals surface area contributed by atoms with Gasteiger partial charge in [0.15, 0.2) is 0 Å². The van der Waals surface area contributed by atoms with Gasteiger partial charge in [-0.15, -0.1) is 0 Å². The largest absolute Gasteiger partial charge is 0.394 e. The lowest BCUT2D eigenvalue weighted by atomic mass is 9.92. The number of fused-ring (bicyclic) bond motifs is 1. The quantitative estimate of drug-likeness (QED) is 0.903. The van der Waals surface area contributed by atoms with Crippen LogP contribution < -0.4 is 5.56 Å². The predicted octanol–water partition coefficient (Wildman–Crippen LogP) is 1.12. The molecule has 5 nitrogen and oxygen atoms in total. The topological polar surface area (TPSA) is 62.5 Å². The maximum absolute atomic E-state index is 12.7. The lowest BCUT2D eigenvalue weighted by Gasteiger charge is -2.36. The molecule has 0 saturated heterocycles. The summed E-state index contributed by atoms with van der Waals surface area (Å²) >= 11 is 0. The maximum atomic E-state index is 12.7. The molecule has 1 aromatic carbocycles. The van der Waals surface area contributed by atoms with Crippen molar-refractivity contribution in [2.24, 2.45) is 7.05 Å².